The van der Waals surface area contributed by atoms with Gasteiger partial charge in [0.15, 0.2) is 5.69 Å². The first kappa shape index (κ1) is 12.0. The van der Waals surface area contributed by atoms with E-state index in [0.717, 1.165) is 16.8 Å². The molecule has 1 N–H and O–H groups in total. The fourth-order valence-corrected chi connectivity index (χ4v) is 1.51. The monoisotopic (exact) mass is 248 g/mol. The minimum absolute atomic E-state index is 0.155. The Morgan fingerprint density at radius 2 is 2.22 bits per heavy atom. The van der Waals surface area contributed by atoms with Crippen molar-refractivity contribution in [3.63, 3.8) is 0 Å². The average molecular weight is 248 g/mol. The number of aromatic nitrogens is 4. The Labute approximate surface area is 102 Å². The molecule has 0 aromatic carbocycles. The molecule has 0 spiro atoms. The Morgan fingerprint density at radius 3 is 2.83 bits per heavy atom. The van der Waals surface area contributed by atoms with E-state index in [1.165, 1.54) is 12.1 Å². The normalized spacial score (nSPS) is 10.5. The van der Waals surface area contributed by atoms with Gasteiger partial charge in [-0.2, -0.15) is 10.2 Å². The molecule has 0 radical (unpaired) electrons. The van der Waals surface area contributed by atoms with Crippen molar-refractivity contribution in [2.45, 2.75) is 20.0 Å². The van der Waals surface area contributed by atoms with E-state index >= 15 is 0 Å². The highest BCUT2D eigenvalue weighted by atomic mass is 16.4. The molecule has 0 fully saturated rings. The van der Waals surface area contributed by atoms with Crippen LogP contribution < -0.4 is 5.56 Å². The van der Waals surface area contributed by atoms with Crippen molar-refractivity contribution in [1.82, 2.24) is 19.6 Å². The number of carboxylic acid groups (broad SMARTS) is 1. The van der Waals surface area contributed by atoms with Gasteiger partial charge in [-0.1, -0.05) is 0 Å². The summed E-state index contributed by atoms with van der Waals surface area (Å²) in [5.41, 5.74) is 0.302. The second-order valence-corrected chi connectivity index (χ2v) is 3.72. The van der Waals surface area contributed by atoms with E-state index in [1.807, 2.05) is 6.92 Å². The summed E-state index contributed by atoms with van der Waals surface area (Å²) in [6, 6.07) is 2.39. The van der Waals surface area contributed by atoms with Crippen molar-refractivity contribution >= 4 is 5.97 Å². The second kappa shape index (κ2) is 4.82. The molecule has 0 bridgehead atoms. The largest absolute Gasteiger partial charge is 0.476 e. The number of aromatic carboxylic acids is 1. The zero-order valence-electron chi connectivity index (χ0n) is 9.78. The Morgan fingerprint density at radius 1 is 1.44 bits per heavy atom. The highest BCUT2D eigenvalue weighted by Gasteiger charge is 2.08. The first-order valence-corrected chi connectivity index (χ1v) is 5.43. The van der Waals surface area contributed by atoms with Crippen LogP contribution in [0.2, 0.25) is 0 Å². The van der Waals surface area contributed by atoms with Gasteiger partial charge in [-0.05, 0) is 13.0 Å². The number of carbonyl (C=O) groups is 1. The predicted octanol–water partition coefficient (Wildman–Crippen LogP) is 0.206. The van der Waals surface area contributed by atoms with E-state index in [1.54, 1.807) is 17.1 Å². The molecule has 0 saturated heterocycles. The molecule has 0 aliphatic rings. The first-order valence-electron chi connectivity index (χ1n) is 5.43. The van der Waals surface area contributed by atoms with Gasteiger partial charge >= 0.3 is 5.97 Å². The Kier molecular flexibility index (Phi) is 3.22. The molecule has 0 aliphatic carbocycles. The molecule has 94 valence electrons. The SMILES string of the molecule is CCn1cc(Cn2nc(C(=O)O)ccc2=O)cn1. The Hall–Kier alpha value is -2.44. The van der Waals surface area contributed by atoms with E-state index in [4.69, 9.17) is 5.11 Å². The molecule has 0 unspecified atom stereocenters. The molecule has 0 atom stereocenters. The summed E-state index contributed by atoms with van der Waals surface area (Å²) in [6.45, 7) is 2.89. The average Bonchev–Trinajstić information content (AvgIpc) is 2.79. The summed E-state index contributed by atoms with van der Waals surface area (Å²) in [7, 11) is 0. The lowest BCUT2D eigenvalue weighted by atomic mass is 10.3. The lowest BCUT2D eigenvalue weighted by Gasteiger charge is -2.02. The molecule has 7 heteroatoms. The fraction of sp³-hybridized carbons (Fsp3) is 0.273. The molecule has 0 aliphatic heterocycles. The maximum absolute atomic E-state index is 11.6. The lowest BCUT2D eigenvalue weighted by molar-refractivity contribution is 0.0687. The molecule has 7 nitrogen and oxygen atoms in total. The summed E-state index contributed by atoms with van der Waals surface area (Å²) in [4.78, 5) is 22.3. The maximum atomic E-state index is 11.6. The van der Waals surface area contributed by atoms with Crippen LogP contribution in [0.4, 0.5) is 0 Å². The van der Waals surface area contributed by atoms with Gasteiger partial charge < -0.3 is 5.11 Å². The number of aryl methyl sites for hydroxylation is 1. The van der Waals surface area contributed by atoms with Gasteiger partial charge in [0.25, 0.3) is 5.56 Å². The third kappa shape index (κ3) is 2.45. The molecule has 0 amide bonds. The molecular weight excluding hydrogens is 236 g/mol. The zero-order chi connectivity index (χ0) is 13.1. The second-order valence-electron chi connectivity index (χ2n) is 3.72. The van der Waals surface area contributed by atoms with Crippen molar-refractivity contribution in [3.8, 4) is 0 Å². The van der Waals surface area contributed by atoms with Crippen molar-refractivity contribution in [2.75, 3.05) is 0 Å². The first-order chi connectivity index (χ1) is 8.60. The molecule has 2 aromatic heterocycles. The van der Waals surface area contributed by atoms with E-state index in [0.29, 0.717) is 0 Å². The molecule has 2 rings (SSSR count). The minimum atomic E-state index is -1.16. The summed E-state index contributed by atoms with van der Waals surface area (Å²) in [5.74, 6) is -1.16. The molecular formula is C11H12N4O3. The summed E-state index contributed by atoms with van der Waals surface area (Å²) in [5, 5.41) is 16.7. The van der Waals surface area contributed by atoms with Crippen LogP contribution in [0, 0.1) is 0 Å². The van der Waals surface area contributed by atoms with E-state index in [-0.39, 0.29) is 17.8 Å². The number of nitrogens with zero attached hydrogens (tertiary/aromatic N) is 4. The van der Waals surface area contributed by atoms with E-state index in [9.17, 15) is 9.59 Å². The highest BCUT2D eigenvalue weighted by molar-refractivity contribution is 5.84. The zero-order valence-corrected chi connectivity index (χ0v) is 9.78. The highest BCUT2D eigenvalue weighted by Crippen LogP contribution is 1.99. The van der Waals surface area contributed by atoms with Crippen LogP contribution in [0.5, 0.6) is 0 Å². The van der Waals surface area contributed by atoms with Gasteiger partial charge in [0, 0.05) is 24.4 Å². The number of rotatable bonds is 4. The van der Waals surface area contributed by atoms with Crippen molar-refractivity contribution in [2.24, 2.45) is 0 Å². The summed E-state index contributed by atoms with van der Waals surface area (Å²) >= 11 is 0. The van der Waals surface area contributed by atoms with Gasteiger partial charge in [0.05, 0.1) is 12.7 Å². The van der Waals surface area contributed by atoms with Gasteiger partial charge in [0.1, 0.15) is 0 Å². The maximum Gasteiger partial charge on any atom is 0.356 e. The van der Waals surface area contributed by atoms with Crippen LogP contribution >= 0.6 is 0 Å². The van der Waals surface area contributed by atoms with Crippen LogP contribution in [0.1, 0.15) is 23.0 Å². The van der Waals surface area contributed by atoms with E-state index in [2.05, 4.69) is 10.2 Å². The summed E-state index contributed by atoms with van der Waals surface area (Å²) in [6.07, 6.45) is 3.42. The fourth-order valence-electron chi connectivity index (χ4n) is 1.51. The summed E-state index contributed by atoms with van der Waals surface area (Å²) < 4.78 is 2.84. The quantitative estimate of drug-likeness (QED) is 0.835. The smallest absolute Gasteiger partial charge is 0.356 e. The topological polar surface area (TPSA) is 90.0 Å². The third-order valence-corrected chi connectivity index (χ3v) is 2.43. The van der Waals surface area contributed by atoms with Gasteiger partial charge in [-0.15, -0.1) is 0 Å². The molecule has 2 heterocycles. The van der Waals surface area contributed by atoms with Gasteiger partial charge in [0.2, 0.25) is 0 Å². The van der Waals surface area contributed by atoms with Crippen molar-refractivity contribution in [1.29, 1.82) is 0 Å². The van der Waals surface area contributed by atoms with Crippen molar-refractivity contribution in [3.05, 3.63) is 46.1 Å². The van der Waals surface area contributed by atoms with Crippen LogP contribution in [-0.2, 0) is 13.1 Å². The Bertz CT molecular complexity index is 629. The van der Waals surface area contributed by atoms with Gasteiger partial charge in [-0.3, -0.25) is 9.48 Å². The van der Waals surface area contributed by atoms with Crippen LogP contribution in [0.25, 0.3) is 0 Å². The van der Waals surface area contributed by atoms with Crippen LogP contribution in [-0.4, -0.2) is 30.6 Å². The lowest BCUT2D eigenvalue weighted by Crippen LogP contribution is -2.24. The molecule has 18 heavy (non-hydrogen) atoms. The number of carboxylic acids is 1. The van der Waals surface area contributed by atoms with E-state index < -0.39 is 5.97 Å². The molecule has 2 aromatic rings. The Balaban J connectivity index is 2.30. The minimum Gasteiger partial charge on any atom is -0.476 e. The number of hydrogen-bond donors (Lipinski definition) is 1. The van der Waals surface area contributed by atoms with Crippen LogP contribution in [0.15, 0.2) is 29.3 Å². The van der Waals surface area contributed by atoms with Crippen LogP contribution in [0.3, 0.4) is 0 Å². The predicted molar refractivity (Wildman–Crippen MR) is 62.5 cm³/mol. The molecule has 0 saturated carbocycles. The third-order valence-electron chi connectivity index (χ3n) is 2.43. The van der Waals surface area contributed by atoms with Crippen molar-refractivity contribution < 1.29 is 9.90 Å². The standard InChI is InChI=1S/C11H12N4O3/c1-2-14-6-8(5-12-14)7-15-10(16)4-3-9(13-15)11(17)18/h3-6H,2,7H2,1H3,(H,17,18). The number of hydrogen-bond acceptors (Lipinski definition) is 4. The van der Waals surface area contributed by atoms with Gasteiger partial charge in [-0.25, -0.2) is 9.48 Å².